The zero-order valence-electron chi connectivity index (χ0n) is 9.79. The van der Waals surface area contributed by atoms with Gasteiger partial charge < -0.3 is 15.4 Å². The third kappa shape index (κ3) is 9.05. The lowest BCUT2D eigenvalue weighted by atomic mass is 10.2. The van der Waals surface area contributed by atoms with Crippen LogP contribution >= 0.6 is 0 Å². The molecule has 0 aromatic carbocycles. The van der Waals surface area contributed by atoms with Crippen molar-refractivity contribution in [2.75, 3.05) is 13.1 Å². The van der Waals surface area contributed by atoms with Crippen LogP contribution in [0.5, 0.6) is 0 Å². The molecule has 88 valence electrons. The summed E-state index contributed by atoms with van der Waals surface area (Å²) in [6.07, 6.45) is -0.742. The molecule has 0 rings (SSSR count). The van der Waals surface area contributed by atoms with Crippen molar-refractivity contribution in [1.29, 1.82) is 0 Å². The average molecular weight is 216 g/mol. The number of carbonyl (C=O) groups excluding carboxylic acids is 2. The maximum absolute atomic E-state index is 11.2. The summed E-state index contributed by atoms with van der Waals surface area (Å²) in [5, 5.41) is 5.05. The first-order valence-electron chi connectivity index (χ1n) is 5.13. The fourth-order valence-electron chi connectivity index (χ4n) is 0.789. The highest BCUT2D eigenvalue weighted by Gasteiger charge is 2.07. The molecule has 0 spiro atoms. The van der Waals surface area contributed by atoms with E-state index in [1.165, 1.54) is 0 Å². The molecule has 0 atom stereocenters. The summed E-state index contributed by atoms with van der Waals surface area (Å²) in [5.74, 6) is 0.195. The van der Waals surface area contributed by atoms with E-state index < -0.39 is 6.09 Å². The summed E-state index contributed by atoms with van der Waals surface area (Å²) >= 11 is 0. The molecular weight excluding hydrogens is 196 g/mol. The molecule has 5 nitrogen and oxygen atoms in total. The van der Waals surface area contributed by atoms with Gasteiger partial charge in [-0.1, -0.05) is 13.8 Å². The lowest BCUT2D eigenvalue weighted by Gasteiger charge is -2.10. The van der Waals surface area contributed by atoms with Crippen LogP contribution in [0.3, 0.4) is 0 Å². The van der Waals surface area contributed by atoms with Gasteiger partial charge in [0.05, 0.1) is 12.6 Å². The fourth-order valence-corrected chi connectivity index (χ4v) is 0.789. The minimum atomic E-state index is -0.565. The Hall–Kier alpha value is -1.26. The van der Waals surface area contributed by atoms with E-state index in [0.29, 0.717) is 12.5 Å². The maximum Gasteiger partial charge on any atom is 0.407 e. The molecule has 0 saturated carbocycles. The van der Waals surface area contributed by atoms with Gasteiger partial charge in [-0.25, -0.2) is 4.79 Å². The van der Waals surface area contributed by atoms with Crippen LogP contribution < -0.4 is 10.6 Å². The van der Waals surface area contributed by atoms with Crippen LogP contribution in [-0.2, 0) is 9.53 Å². The molecule has 0 aromatic rings. The molecule has 0 aliphatic rings. The number of amides is 2. The Kier molecular flexibility index (Phi) is 6.49. The molecule has 0 aliphatic heterocycles. The third-order valence-corrected chi connectivity index (χ3v) is 1.44. The van der Waals surface area contributed by atoms with Gasteiger partial charge in [0.15, 0.2) is 0 Å². The quantitative estimate of drug-likeness (QED) is 0.717. The van der Waals surface area contributed by atoms with E-state index in [0.717, 1.165) is 0 Å². The van der Waals surface area contributed by atoms with E-state index in [1.54, 1.807) is 13.8 Å². The van der Waals surface area contributed by atoms with Gasteiger partial charge in [-0.15, -0.1) is 0 Å². The zero-order chi connectivity index (χ0) is 11.8. The van der Waals surface area contributed by atoms with E-state index in [2.05, 4.69) is 10.6 Å². The molecule has 0 heterocycles. The Labute approximate surface area is 90.6 Å². The second kappa shape index (κ2) is 7.09. The standard InChI is InChI=1S/C10H20N2O3/c1-7(2)5-11-9(13)6-12-10(14)15-8(3)4/h7-8H,5-6H2,1-4H3,(H,11,13)(H,12,14). The molecule has 0 saturated heterocycles. The van der Waals surface area contributed by atoms with Gasteiger partial charge >= 0.3 is 6.09 Å². The van der Waals surface area contributed by atoms with Gasteiger partial charge in [0, 0.05) is 6.54 Å². The Morgan fingerprint density at radius 2 is 1.73 bits per heavy atom. The first-order valence-corrected chi connectivity index (χ1v) is 5.13. The Morgan fingerprint density at radius 1 is 1.13 bits per heavy atom. The van der Waals surface area contributed by atoms with Crippen molar-refractivity contribution >= 4 is 12.0 Å². The Bertz CT molecular complexity index is 215. The number of nitrogens with one attached hydrogen (secondary N) is 2. The van der Waals surface area contributed by atoms with Crippen molar-refractivity contribution in [1.82, 2.24) is 10.6 Å². The Morgan fingerprint density at radius 3 is 2.20 bits per heavy atom. The van der Waals surface area contributed by atoms with Gasteiger partial charge in [0.2, 0.25) is 5.91 Å². The van der Waals surface area contributed by atoms with Gasteiger partial charge in [0.25, 0.3) is 0 Å². The van der Waals surface area contributed by atoms with Crippen molar-refractivity contribution in [2.24, 2.45) is 5.92 Å². The summed E-state index contributed by atoms with van der Waals surface area (Å²) in [7, 11) is 0. The molecule has 2 N–H and O–H groups in total. The number of hydrogen-bond donors (Lipinski definition) is 2. The van der Waals surface area contributed by atoms with Crippen LogP contribution in [0.1, 0.15) is 27.7 Å². The van der Waals surface area contributed by atoms with Crippen molar-refractivity contribution < 1.29 is 14.3 Å². The predicted octanol–water partition coefficient (Wildman–Crippen LogP) is 0.893. The largest absolute Gasteiger partial charge is 0.447 e. The number of ether oxygens (including phenoxy) is 1. The third-order valence-electron chi connectivity index (χ3n) is 1.44. The van der Waals surface area contributed by atoms with E-state index in [9.17, 15) is 9.59 Å². The molecule has 0 radical (unpaired) electrons. The average Bonchev–Trinajstić information content (AvgIpc) is 2.10. The highest BCUT2D eigenvalue weighted by molar-refractivity contribution is 5.82. The lowest BCUT2D eigenvalue weighted by Crippen LogP contribution is -2.39. The summed E-state index contributed by atoms with van der Waals surface area (Å²) in [5.41, 5.74) is 0. The normalized spacial score (nSPS) is 10.3. The number of alkyl carbamates (subject to hydrolysis) is 1. The summed E-state index contributed by atoms with van der Waals surface area (Å²) in [4.78, 5) is 22.1. The van der Waals surface area contributed by atoms with Crippen LogP contribution in [0, 0.1) is 5.92 Å². The molecule has 2 amide bonds. The first-order chi connectivity index (χ1) is 6.91. The molecule has 15 heavy (non-hydrogen) atoms. The second-order valence-electron chi connectivity index (χ2n) is 4.01. The lowest BCUT2D eigenvalue weighted by molar-refractivity contribution is -0.120. The summed E-state index contributed by atoms with van der Waals surface area (Å²) in [6.45, 7) is 8.07. The Balaban J connectivity index is 3.58. The highest BCUT2D eigenvalue weighted by atomic mass is 16.6. The molecule has 0 aliphatic carbocycles. The van der Waals surface area contributed by atoms with Crippen molar-refractivity contribution in [2.45, 2.75) is 33.8 Å². The van der Waals surface area contributed by atoms with Gasteiger partial charge in [0.1, 0.15) is 0 Å². The van der Waals surface area contributed by atoms with E-state index in [-0.39, 0.29) is 18.6 Å². The molecule has 0 aromatic heterocycles. The molecular formula is C10H20N2O3. The fraction of sp³-hybridized carbons (Fsp3) is 0.800. The van der Waals surface area contributed by atoms with Crippen LogP contribution in [0.15, 0.2) is 0 Å². The molecule has 0 fully saturated rings. The minimum Gasteiger partial charge on any atom is -0.447 e. The topological polar surface area (TPSA) is 67.4 Å². The van der Waals surface area contributed by atoms with E-state index >= 15 is 0 Å². The van der Waals surface area contributed by atoms with Gasteiger partial charge in [-0.05, 0) is 19.8 Å². The van der Waals surface area contributed by atoms with Crippen LogP contribution in [0.4, 0.5) is 4.79 Å². The molecule has 0 unspecified atom stereocenters. The smallest absolute Gasteiger partial charge is 0.407 e. The monoisotopic (exact) mass is 216 g/mol. The second-order valence-corrected chi connectivity index (χ2v) is 4.01. The van der Waals surface area contributed by atoms with E-state index in [4.69, 9.17) is 4.74 Å². The predicted molar refractivity (Wildman–Crippen MR) is 57.5 cm³/mol. The SMILES string of the molecule is CC(C)CNC(=O)CNC(=O)OC(C)C. The highest BCUT2D eigenvalue weighted by Crippen LogP contribution is 1.88. The number of carbonyl (C=O) groups is 2. The van der Waals surface area contributed by atoms with Crippen LogP contribution in [0.25, 0.3) is 0 Å². The minimum absolute atomic E-state index is 0.0434. The van der Waals surface area contributed by atoms with Crippen LogP contribution in [0.2, 0.25) is 0 Å². The van der Waals surface area contributed by atoms with Crippen molar-refractivity contribution in [3.63, 3.8) is 0 Å². The van der Waals surface area contributed by atoms with Crippen molar-refractivity contribution in [3.8, 4) is 0 Å². The maximum atomic E-state index is 11.2. The van der Waals surface area contributed by atoms with E-state index in [1.807, 2.05) is 13.8 Å². The first kappa shape index (κ1) is 13.7. The molecule has 0 bridgehead atoms. The molecule has 5 heteroatoms. The van der Waals surface area contributed by atoms with Gasteiger partial charge in [-0.3, -0.25) is 4.79 Å². The number of rotatable bonds is 5. The summed E-state index contributed by atoms with van der Waals surface area (Å²) < 4.78 is 4.80. The number of hydrogen-bond acceptors (Lipinski definition) is 3. The van der Waals surface area contributed by atoms with Crippen LogP contribution in [-0.4, -0.2) is 31.2 Å². The van der Waals surface area contributed by atoms with Crippen molar-refractivity contribution in [3.05, 3.63) is 0 Å². The zero-order valence-corrected chi connectivity index (χ0v) is 9.79. The summed E-state index contributed by atoms with van der Waals surface area (Å²) in [6, 6.07) is 0. The van der Waals surface area contributed by atoms with Gasteiger partial charge in [-0.2, -0.15) is 0 Å².